The molecule has 0 spiro atoms. The first kappa shape index (κ1) is 13.3. The fourth-order valence-electron chi connectivity index (χ4n) is 3.14. The second kappa shape index (κ2) is 5.67. The second-order valence-corrected chi connectivity index (χ2v) is 7.43. The molecule has 0 aromatic carbocycles. The minimum absolute atomic E-state index is 0.308. The van der Waals surface area contributed by atoms with Crippen molar-refractivity contribution >= 4 is 9.84 Å². The standard InChI is InChI=1S/C12H23NO3S/c1-2-13-12(10-3-6-16-7-4-10)11-5-8-17(14,15)9-11/h10-13H,2-9H2,1H3. The Hall–Kier alpha value is -0.130. The molecular formula is C12H23NO3S. The van der Waals surface area contributed by atoms with Crippen molar-refractivity contribution in [2.75, 3.05) is 31.3 Å². The van der Waals surface area contributed by atoms with E-state index in [9.17, 15) is 8.42 Å². The van der Waals surface area contributed by atoms with Crippen LogP contribution in [0.4, 0.5) is 0 Å². The van der Waals surface area contributed by atoms with Crippen molar-refractivity contribution in [1.29, 1.82) is 0 Å². The summed E-state index contributed by atoms with van der Waals surface area (Å²) < 4.78 is 28.5. The van der Waals surface area contributed by atoms with Crippen LogP contribution in [-0.2, 0) is 14.6 Å². The van der Waals surface area contributed by atoms with E-state index in [1.807, 2.05) is 0 Å². The molecule has 0 saturated carbocycles. The van der Waals surface area contributed by atoms with Crippen LogP contribution in [0.2, 0.25) is 0 Å². The minimum Gasteiger partial charge on any atom is -0.381 e. The Bertz CT molecular complexity index is 336. The average Bonchev–Trinajstić information content (AvgIpc) is 2.67. The third-order valence-corrected chi connectivity index (χ3v) is 5.78. The molecule has 2 aliphatic rings. The quantitative estimate of drug-likeness (QED) is 0.814. The second-order valence-electron chi connectivity index (χ2n) is 5.20. The average molecular weight is 261 g/mol. The van der Waals surface area contributed by atoms with Gasteiger partial charge in [-0.1, -0.05) is 6.92 Å². The molecule has 2 fully saturated rings. The number of hydrogen-bond acceptors (Lipinski definition) is 4. The van der Waals surface area contributed by atoms with Crippen molar-refractivity contribution in [2.24, 2.45) is 11.8 Å². The van der Waals surface area contributed by atoms with Gasteiger partial charge in [0, 0.05) is 19.3 Å². The molecular weight excluding hydrogens is 238 g/mol. The van der Waals surface area contributed by atoms with Crippen LogP contribution >= 0.6 is 0 Å². The molecule has 0 radical (unpaired) electrons. The Balaban J connectivity index is 2.01. The van der Waals surface area contributed by atoms with E-state index in [0.717, 1.165) is 39.0 Å². The van der Waals surface area contributed by atoms with Gasteiger partial charge in [-0.25, -0.2) is 8.42 Å². The summed E-state index contributed by atoms with van der Waals surface area (Å²) in [7, 11) is -2.77. The van der Waals surface area contributed by atoms with Gasteiger partial charge in [0.25, 0.3) is 0 Å². The Morgan fingerprint density at radius 1 is 1.24 bits per heavy atom. The molecule has 0 bridgehead atoms. The first-order chi connectivity index (χ1) is 8.12. The van der Waals surface area contributed by atoms with Gasteiger partial charge in [0.05, 0.1) is 11.5 Å². The summed E-state index contributed by atoms with van der Waals surface area (Å²) in [6.07, 6.45) is 2.96. The summed E-state index contributed by atoms with van der Waals surface area (Å²) in [5.74, 6) is 1.65. The maximum absolute atomic E-state index is 11.6. The van der Waals surface area contributed by atoms with Gasteiger partial charge in [-0.2, -0.15) is 0 Å². The van der Waals surface area contributed by atoms with Crippen LogP contribution in [-0.4, -0.2) is 45.7 Å². The van der Waals surface area contributed by atoms with E-state index in [1.165, 1.54) is 0 Å². The van der Waals surface area contributed by atoms with Crippen molar-refractivity contribution in [3.05, 3.63) is 0 Å². The fourth-order valence-corrected chi connectivity index (χ4v) is 4.99. The summed E-state index contributed by atoms with van der Waals surface area (Å²) in [5, 5.41) is 3.51. The predicted octanol–water partition coefficient (Wildman–Crippen LogP) is 0.826. The largest absolute Gasteiger partial charge is 0.381 e. The lowest BCUT2D eigenvalue weighted by molar-refractivity contribution is 0.0466. The molecule has 2 rings (SSSR count). The van der Waals surface area contributed by atoms with Gasteiger partial charge in [-0.15, -0.1) is 0 Å². The molecule has 0 aromatic rings. The molecule has 2 unspecified atom stereocenters. The number of nitrogens with one attached hydrogen (secondary N) is 1. The monoisotopic (exact) mass is 261 g/mol. The third kappa shape index (κ3) is 3.42. The molecule has 0 aromatic heterocycles. The van der Waals surface area contributed by atoms with Crippen molar-refractivity contribution in [2.45, 2.75) is 32.2 Å². The van der Waals surface area contributed by atoms with Gasteiger partial charge in [0.1, 0.15) is 0 Å². The van der Waals surface area contributed by atoms with Gasteiger partial charge in [-0.3, -0.25) is 0 Å². The minimum atomic E-state index is -2.77. The molecule has 100 valence electrons. The summed E-state index contributed by atoms with van der Waals surface area (Å²) in [5.41, 5.74) is 0. The van der Waals surface area contributed by atoms with Crippen LogP contribution < -0.4 is 5.32 Å². The van der Waals surface area contributed by atoms with Gasteiger partial charge < -0.3 is 10.1 Å². The zero-order valence-corrected chi connectivity index (χ0v) is 11.3. The van der Waals surface area contributed by atoms with E-state index < -0.39 is 9.84 Å². The van der Waals surface area contributed by atoms with E-state index in [0.29, 0.717) is 29.4 Å². The van der Waals surface area contributed by atoms with Crippen molar-refractivity contribution in [3.8, 4) is 0 Å². The lowest BCUT2D eigenvalue weighted by atomic mass is 9.83. The highest BCUT2D eigenvalue weighted by atomic mass is 32.2. The first-order valence-corrected chi connectivity index (χ1v) is 8.46. The lowest BCUT2D eigenvalue weighted by Crippen LogP contribution is -2.44. The van der Waals surface area contributed by atoms with Crippen LogP contribution in [0.5, 0.6) is 0 Å². The zero-order chi connectivity index (χ0) is 12.3. The van der Waals surface area contributed by atoms with Gasteiger partial charge in [0.2, 0.25) is 0 Å². The SMILES string of the molecule is CCNC(C1CCOCC1)C1CCS(=O)(=O)C1. The molecule has 0 aliphatic carbocycles. The van der Waals surface area contributed by atoms with Crippen LogP contribution in [0.1, 0.15) is 26.2 Å². The Morgan fingerprint density at radius 2 is 1.94 bits per heavy atom. The summed E-state index contributed by atoms with van der Waals surface area (Å²) in [4.78, 5) is 0. The number of ether oxygens (including phenoxy) is 1. The third-order valence-electron chi connectivity index (χ3n) is 3.99. The number of sulfone groups is 1. The molecule has 0 amide bonds. The highest BCUT2D eigenvalue weighted by Gasteiger charge is 2.37. The van der Waals surface area contributed by atoms with E-state index in [4.69, 9.17) is 4.74 Å². The van der Waals surface area contributed by atoms with Crippen molar-refractivity contribution in [3.63, 3.8) is 0 Å². The topological polar surface area (TPSA) is 55.4 Å². The Morgan fingerprint density at radius 3 is 2.47 bits per heavy atom. The summed E-state index contributed by atoms with van der Waals surface area (Å²) in [6, 6.07) is 0.362. The number of hydrogen-bond donors (Lipinski definition) is 1. The van der Waals surface area contributed by atoms with Crippen LogP contribution in [0.3, 0.4) is 0 Å². The maximum Gasteiger partial charge on any atom is 0.150 e. The lowest BCUT2D eigenvalue weighted by Gasteiger charge is -2.34. The molecule has 2 saturated heterocycles. The highest BCUT2D eigenvalue weighted by molar-refractivity contribution is 7.91. The van der Waals surface area contributed by atoms with Gasteiger partial charge >= 0.3 is 0 Å². The van der Waals surface area contributed by atoms with Crippen LogP contribution in [0.25, 0.3) is 0 Å². The predicted molar refractivity (Wildman–Crippen MR) is 67.8 cm³/mol. The first-order valence-electron chi connectivity index (χ1n) is 6.64. The molecule has 5 heteroatoms. The number of rotatable bonds is 4. The van der Waals surface area contributed by atoms with E-state index >= 15 is 0 Å². The van der Waals surface area contributed by atoms with E-state index in [-0.39, 0.29) is 0 Å². The molecule has 1 N–H and O–H groups in total. The smallest absolute Gasteiger partial charge is 0.150 e. The molecule has 4 nitrogen and oxygen atoms in total. The Kier molecular flexibility index (Phi) is 4.44. The normalized spacial score (nSPS) is 31.5. The molecule has 2 atom stereocenters. The fraction of sp³-hybridized carbons (Fsp3) is 1.00. The van der Waals surface area contributed by atoms with E-state index in [2.05, 4.69) is 12.2 Å². The zero-order valence-electron chi connectivity index (χ0n) is 10.5. The Labute approximate surface area is 104 Å². The summed E-state index contributed by atoms with van der Waals surface area (Å²) in [6.45, 7) is 4.66. The van der Waals surface area contributed by atoms with Crippen molar-refractivity contribution in [1.82, 2.24) is 5.32 Å². The molecule has 2 aliphatic heterocycles. The summed E-state index contributed by atoms with van der Waals surface area (Å²) >= 11 is 0. The maximum atomic E-state index is 11.6. The van der Waals surface area contributed by atoms with Crippen molar-refractivity contribution < 1.29 is 13.2 Å². The molecule has 2 heterocycles. The van der Waals surface area contributed by atoms with Crippen LogP contribution in [0.15, 0.2) is 0 Å². The van der Waals surface area contributed by atoms with Crippen LogP contribution in [0, 0.1) is 11.8 Å². The highest BCUT2D eigenvalue weighted by Crippen LogP contribution is 2.30. The van der Waals surface area contributed by atoms with E-state index in [1.54, 1.807) is 0 Å². The molecule has 17 heavy (non-hydrogen) atoms. The van der Waals surface area contributed by atoms with Gasteiger partial charge in [0.15, 0.2) is 9.84 Å². The van der Waals surface area contributed by atoms with Gasteiger partial charge in [-0.05, 0) is 37.6 Å².